The van der Waals surface area contributed by atoms with Crippen LogP contribution in [0.1, 0.15) is 45.4 Å². The number of carbonyl (C=O) groups is 1. The van der Waals surface area contributed by atoms with Crippen LogP contribution in [0.2, 0.25) is 0 Å². The summed E-state index contributed by atoms with van der Waals surface area (Å²) < 4.78 is 5.04. The molecule has 0 fully saturated rings. The molecule has 0 aliphatic rings. The van der Waals surface area contributed by atoms with Crippen LogP contribution < -0.4 is 11.5 Å². The lowest BCUT2D eigenvalue weighted by Gasteiger charge is -2.10. The van der Waals surface area contributed by atoms with E-state index in [0.717, 1.165) is 38.2 Å². The molecule has 0 aromatic carbocycles. The summed E-state index contributed by atoms with van der Waals surface area (Å²) in [5, 5.41) is 5.40. The molecule has 0 bridgehead atoms. The Kier molecular flexibility index (Phi) is 16.7. The number of hydrogen-bond donors (Lipinski definition) is 3. The molecule has 0 spiro atoms. The summed E-state index contributed by atoms with van der Waals surface area (Å²) in [7, 11) is 0. The maximum atomic E-state index is 11.3. The summed E-state index contributed by atoms with van der Waals surface area (Å²) in [6, 6.07) is -0.474. The third kappa shape index (κ3) is 14.8. The van der Waals surface area contributed by atoms with Crippen LogP contribution in [0.4, 0.5) is 0 Å². The first-order valence-electron chi connectivity index (χ1n) is 6.30. The van der Waals surface area contributed by atoms with Gasteiger partial charge in [-0.05, 0) is 25.8 Å². The van der Waals surface area contributed by atoms with E-state index < -0.39 is 6.04 Å². The predicted molar refractivity (Wildman–Crippen MR) is 69.8 cm³/mol. The standard InChI is InChI=1S/C11H24N2O2.CHNO/c1-2-3-6-9-15-11(14)10(13)7-4-5-8-12;2-1-3/h10H,2-9,12-13H2,1H3;2H/t10-;/m0./s1. The lowest BCUT2D eigenvalue weighted by Crippen LogP contribution is -2.32. The van der Waals surface area contributed by atoms with Gasteiger partial charge in [-0.15, -0.1) is 0 Å². The summed E-state index contributed by atoms with van der Waals surface area (Å²) >= 11 is 0. The minimum absolute atomic E-state index is 0.275. The van der Waals surface area contributed by atoms with Crippen molar-refractivity contribution in [3.63, 3.8) is 0 Å². The van der Waals surface area contributed by atoms with E-state index in [2.05, 4.69) is 6.92 Å². The van der Waals surface area contributed by atoms with Crippen LogP contribution in [-0.2, 0) is 14.3 Å². The predicted octanol–water partition coefficient (Wildman–Crippen LogP) is 1.08. The van der Waals surface area contributed by atoms with E-state index in [0.29, 0.717) is 19.6 Å². The highest BCUT2D eigenvalue weighted by atomic mass is 16.5. The SMILES string of the molecule is CCCCCOC(=O)[C@@H](N)CCCCN.N=C=O. The van der Waals surface area contributed by atoms with E-state index in [9.17, 15) is 4.79 Å². The summed E-state index contributed by atoms with van der Waals surface area (Å²) in [6.07, 6.45) is 6.37. The Hall–Kier alpha value is -1.23. The molecular weight excluding hydrogens is 234 g/mol. The van der Waals surface area contributed by atoms with Crippen LogP contribution in [0.25, 0.3) is 0 Å². The molecule has 0 radical (unpaired) electrons. The fraction of sp³-hybridized carbons (Fsp3) is 0.833. The Morgan fingerprint density at radius 2 is 1.94 bits per heavy atom. The molecule has 6 nitrogen and oxygen atoms in total. The zero-order chi connectivity index (χ0) is 14.2. The minimum atomic E-state index is -0.474. The van der Waals surface area contributed by atoms with E-state index in [1.165, 1.54) is 0 Å². The molecule has 0 saturated carbocycles. The van der Waals surface area contributed by atoms with E-state index in [1.807, 2.05) is 0 Å². The Balaban J connectivity index is 0. The first-order valence-corrected chi connectivity index (χ1v) is 6.30. The summed E-state index contributed by atoms with van der Waals surface area (Å²) in [4.78, 5) is 19.7. The van der Waals surface area contributed by atoms with Crippen LogP contribution in [0.15, 0.2) is 0 Å². The van der Waals surface area contributed by atoms with Crippen molar-refractivity contribution in [2.75, 3.05) is 13.2 Å². The maximum absolute atomic E-state index is 11.3. The molecule has 18 heavy (non-hydrogen) atoms. The first kappa shape index (κ1) is 19.1. The van der Waals surface area contributed by atoms with Crippen molar-refractivity contribution in [1.29, 1.82) is 5.41 Å². The van der Waals surface area contributed by atoms with Gasteiger partial charge in [-0.25, -0.2) is 10.2 Å². The van der Waals surface area contributed by atoms with Gasteiger partial charge in [0.25, 0.3) is 0 Å². The van der Waals surface area contributed by atoms with Crippen molar-refractivity contribution in [1.82, 2.24) is 0 Å². The van der Waals surface area contributed by atoms with Gasteiger partial charge in [-0.1, -0.05) is 26.2 Å². The van der Waals surface area contributed by atoms with Crippen molar-refractivity contribution in [3.05, 3.63) is 0 Å². The highest BCUT2D eigenvalue weighted by molar-refractivity contribution is 5.75. The van der Waals surface area contributed by atoms with Gasteiger partial charge in [0.2, 0.25) is 6.08 Å². The zero-order valence-electron chi connectivity index (χ0n) is 11.1. The van der Waals surface area contributed by atoms with Crippen molar-refractivity contribution < 1.29 is 14.3 Å². The van der Waals surface area contributed by atoms with Crippen LogP contribution in [-0.4, -0.2) is 31.2 Å². The molecule has 0 saturated heterocycles. The van der Waals surface area contributed by atoms with Gasteiger partial charge in [0.15, 0.2) is 0 Å². The summed E-state index contributed by atoms with van der Waals surface area (Å²) in [5.74, 6) is -0.275. The van der Waals surface area contributed by atoms with Crippen LogP contribution in [0.3, 0.4) is 0 Å². The van der Waals surface area contributed by atoms with E-state index in [1.54, 1.807) is 0 Å². The lowest BCUT2D eigenvalue weighted by molar-refractivity contribution is -0.145. The number of ether oxygens (including phenoxy) is 1. The second-order valence-electron chi connectivity index (χ2n) is 3.87. The molecule has 6 heteroatoms. The third-order valence-electron chi connectivity index (χ3n) is 2.26. The molecule has 0 rings (SSSR count). The molecule has 0 amide bonds. The van der Waals surface area contributed by atoms with Crippen molar-refractivity contribution in [2.45, 2.75) is 51.5 Å². The molecule has 1 atom stereocenters. The van der Waals surface area contributed by atoms with E-state index >= 15 is 0 Å². The van der Waals surface area contributed by atoms with Gasteiger partial charge in [0, 0.05) is 0 Å². The number of unbranched alkanes of at least 4 members (excludes halogenated alkanes) is 3. The Labute approximate surface area is 109 Å². The maximum Gasteiger partial charge on any atom is 0.322 e. The highest BCUT2D eigenvalue weighted by Gasteiger charge is 2.13. The number of rotatable bonds is 9. The number of carbonyl (C=O) groups excluding carboxylic acids is 2. The smallest absolute Gasteiger partial charge is 0.322 e. The normalized spacial score (nSPS) is 10.8. The Bertz CT molecular complexity index is 229. The summed E-state index contributed by atoms with van der Waals surface area (Å²) in [6.45, 7) is 3.26. The number of hydrogen-bond acceptors (Lipinski definition) is 6. The van der Waals surface area contributed by atoms with Crippen LogP contribution in [0.5, 0.6) is 0 Å². The topological polar surface area (TPSA) is 119 Å². The molecule has 106 valence electrons. The molecule has 0 aromatic rings. The third-order valence-corrected chi connectivity index (χ3v) is 2.26. The number of nitrogens with one attached hydrogen (secondary N) is 1. The lowest BCUT2D eigenvalue weighted by atomic mass is 10.1. The quantitative estimate of drug-likeness (QED) is 0.248. The van der Waals surface area contributed by atoms with E-state index in [4.69, 9.17) is 26.4 Å². The van der Waals surface area contributed by atoms with Crippen molar-refractivity contribution in [3.8, 4) is 0 Å². The molecule has 0 aliphatic carbocycles. The first-order chi connectivity index (χ1) is 8.63. The highest BCUT2D eigenvalue weighted by Crippen LogP contribution is 2.01. The molecule has 5 N–H and O–H groups in total. The van der Waals surface area contributed by atoms with Crippen molar-refractivity contribution >= 4 is 12.0 Å². The second kappa shape index (κ2) is 15.8. The fourth-order valence-electron chi connectivity index (χ4n) is 1.26. The van der Waals surface area contributed by atoms with Gasteiger partial charge >= 0.3 is 5.97 Å². The average molecular weight is 259 g/mol. The molecule has 0 unspecified atom stereocenters. The van der Waals surface area contributed by atoms with Crippen LogP contribution in [0, 0.1) is 5.41 Å². The zero-order valence-corrected chi connectivity index (χ0v) is 11.1. The summed E-state index contributed by atoms with van der Waals surface area (Å²) in [5.41, 5.74) is 11.0. The fourth-order valence-corrected chi connectivity index (χ4v) is 1.26. The number of esters is 1. The molecule has 0 aromatic heterocycles. The Morgan fingerprint density at radius 1 is 1.33 bits per heavy atom. The van der Waals surface area contributed by atoms with Gasteiger partial charge in [-0.3, -0.25) is 4.79 Å². The van der Waals surface area contributed by atoms with Gasteiger partial charge in [0.05, 0.1) is 6.61 Å². The second-order valence-corrected chi connectivity index (χ2v) is 3.87. The van der Waals surface area contributed by atoms with Gasteiger partial charge < -0.3 is 16.2 Å². The van der Waals surface area contributed by atoms with Crippen molar-refractivity contribution in [2.24, 2.45) is 11.5 Å². The van der Waals surface area contributed by atoms with E-state index in [-0.39, 0.29) is 5.97 Å². The molecule has 0 aliphatic heterocycles. The minimum Gasteiger partial charge on any atom is -0.465 e. The molecular formula is C12H25N3O3. The molecule has 0 heterocycles. The Morgan fingerprint density at radius 3 is 2.44 bits per heavy atom. The largest absolute Gasteiger partial charge is 0.465 e. The number of nitrogens with two attached hydrogens (primary N) is 2. The van der Waals surface area contributed by atoms with Gasteiger partial charge in [0.1, 0.15) is 6.04 Å². The monoisotopic (exact) mass is 259 g/mol. The van der Waals surface area contributed by atoms with Crippen LogP contribution >= 0.6 is 0 Å². The van der Waals surface area contributed by atoms with Gasteiger partial charge in [-0.2, -0.15) is 0 Å². The number of isocyanates is 1. The average Bonchev–Trinajstić information content (AvgIpc) is 2.35.